The van der Waals surface area contributed by atoms with E-state index in [0.29, 0.717) is 17.0 Å². The molecule has 0 bridgehead atoms. The average Bonchev–Trinajstić information content (AvgIpc) is 2.48. The molecule has 1 aromatic carbocycles. The molecule has 1 aliphatic heterocycles. The Balaban J connectivity index is 2.00. The minimum Gasteiger partial charge on any atom is -0.396 e. The lowest BCUT2D eigenvalue weighted by molar-refractivity contribution is 0.0717. The second-order valence-corrected chi connectivity index (χ2v) is 6.82. The Labute approximate surface area is 137 Å². The van der Waals surface area contributed by atoms with Gasteiger partial charge in [-0.1, -0.05) is 17.7 Å². The summed E-state index contributed by atoms with van der Waals surface area (Å²) >= 11 is 6.14. The maximum atomic E-state index is 13.1. The van der Waals surface area contributed by atoms with Crippen molar-refractivity contribution < 1.29 is 9.50 Å². The third-order valence-electron chi connectivity index (χ3n) is 4.58. The van der Waals surface area contributed by atoms with Crippen LogP contribution in [0.25, 0.3) is 0 Å². The summed E-state index contributed by atoms with van der Waals surface area (Å²) in [6.45, 7) is 3.03. The molecule has 1 fully saturated rings. The molecule has 0 unspecified atom stereocenters. The van der Waals surface area contributed by atoms with Crippen molar-refractivity contribution in [3.8, 4) is 0 Å². The molecule has 0 aliphatic carbocycles. The van der Waals surface area contributed by atoms with E-state index in [1.54, 1.807) is 6.07 Å². The molecule has 1 heterocycles. The van der Waals surface area contributed by atoms with Gasteiger partial charge in [-0.3, -0.25) is 4.90 Å². The Hall–Kier alpha value is -0.680. The Morgan fingerprint density at radius 3 is 2.82 bits per heavy atom. The van der Waals surface area contributed by atoms with Gasteiger partial charge in [0.25, 0.3) is 0 Å². The van der Waals surface area contributed by atoms with Crippen molar-refractivity contribution in [2.75, 3.05) is 33.8 Å². The Kier molecular flexibility index (Phi) is 6.63. The van der Waals surface area contributed by atoms with E-state index >= 15 is 0 Å². The van der Waals surface area contributed by atoms with Crippen LogP contribution in [0, 0.1) is 11.7 Å². The van der Waals surface area contributed by atoms with E-state index in [1.807, 2.05) is 0 Å². The molecule has 2 rings (SSSR count). The predicted octanol–water partition coefficient (Wildman–Crippen LogP) is 3.00. The first kappa shape index (κ1) is 17.7. The van der Waals surface area contributed by atoms with Crippen LogP contribution in [-0.4, -0.2) is 54.7 Å². The highest BCUT2D eigenvalue weighted by atomic mass is 35.5. The van der Waals surface area contributed by atoms with Gasteiger partial charge in [0.1, 0.15) is 5.82 Å². The number of aliphatic hydroxyl groups is 1. The van der Waals surface area contributed by atoms with Crippen molar-refractivity contribution >= 4 is 11.6 Å². The first-order valence-corrected chi connectivity index (χ1v) is 8.32. The summed E-state index contributed by atoms with van der Waals surface area (Å²) in [5.74, 6) is 0.260. The predicted molar refractivity (Wildman–Crippen MR) is 88.6 cm³/mol. The van der Waals surface area contributed by atoms with E-state index < -0.39 is 0 Å². The van der Waals surface area contributed by atoms with E-state index in [9.17, 15) is 4.39 Å². The van der Waals surface area contributed by atoms with Crippen LogP contribution in [0.15, 0.2) is 18.2 Å². The van der Waals surface area contributed by atoms with E-state index in [0.717, 1.165) is 44.5 Å². The number of aliphatic hydroxyl groups excluding tert-OH is 1. The Bertz CT molecular complexity index is 484. The highest BCUT2D eigenvalue weighted by Crippen LogP contribution is 2.27. The Morgan fingerprint density at radius 2 is 2.18 bits per heavy atom. The molecule has 1 aliphatic rings. The van der Waals surface area contributed by atoms with Crippen LogP contribution in [0.4, 0.5) is 4.39 Å². The van der Waals surface area contributed by atoms with E-state index in [1.165, 1.54) is 12.1 Å². The monoisotopic (exact) mass is 328 g/mol. The van der Waals surface area contributed by atoms with E-state index in [2.05, 4.69) is 23.9 Å². The van der Waals surface area contributed by atoms with Gasteiger partial charge in [0, 0.05) is 30.8 Å². The first-order chi connectivity index (χ1) is 10.5. The molecule has 0 spiro atoms. The number of rotatable bonds is 6. The van der Waals surface area contributed by atoms with Crippen LogP contribution in [0.5, 0.6) is 0 Å². The van der Waals surface area contributed by atoms with Crippen molar-refractivity contribution in [3.63, 3.8) is 0 Å². The number of halogens is 2. The molecular weight excluding hydrogens is 303 g/mol. The third kappa shape index (κ3) is 4.66. The fourth-order valence-electron chi connectivity index (χ4n) is 3.45. The number of hydrogen-bond donors (Lipinski definition) is 1. The molecule has 0 amide bonds. The summed E-state index contributed by atoms with van der Waals surface area (Å²) in [6, 6.07) is 5.19. The fourth-order valence-corrected chi connectivity index (χ4v) is 3.67. The second kappa shape index (κ2) is 8.25. The quantitative estimate of drug-likeness (QED) is 0.869. The van der Waals surface area contributed by atoms with Gasteiger partial charge in [-0.2, -0.15) is 0 Å². The summed E-state index contributed by atoms with van der Waals surface area (Å²) < 4.78 is 13.1. The zero-order valence-electron chi connectivity index (χ0n) is 13.4. The largest absolute Gasteiger partial charge is 0.396 e. The van der Waals surface area contributed by atoms with Crippen LogP contribution in [0.3, 0.4) is 0 Å². The van der Waals surface area contributed by atoms with Crippen molar-refractivity contribution in [1.29, 1.82) is 0 Å². The van der Waals surface area contributed by atoms with Crippen molar-refractivity contribution in [1.82, 2.24) is 9.80 Å². The maximum Gasteiger partial charge on any atom is 0.124 e. The van der Waals surface area contributed by atoms with Crippen LogP contribution >= 0.6 is 11.6 Å². The summed E-state index contributed by atoms with van der Waals surface area (Å²) in [6.07, 6.45) is 3.00. The van der Waals surface area contributed by atoms with Gasteiger partial charge in [-0.15, -0.1) is 0 Å². The van der Waals surface area contributed by atoms with Crippen molar-refractivity contribution in [2.45, 2.75) is 31.8 Å². The minimum absolute atomic E-state index is 0.250. The molecule has 0 radical (unpaired) electrons. The molecule has 5 heteroatoms. The van der Waals surface area contributed by atoms with Crippen LogP contribution in [0.2, 0.25) is 5.02 Å². The number of likely N-dealkylation sites (tertiary alicyclic amines) is 1. The Morgan fingerprint density at radius 1 is 1.41 bits per heavy atom. The molecule has 1 N–H and O–H groups in total. The van der Waals surface area contributed by atoms with Crippen LogP contribution in [-0.2, 0) is 6.54 Å². The normalized spacial score (nSPS) is 23.2. The van der Waals surface area contributed by atoms with Gasteiger partial charge in [-0.05, 0) is 63.5 Å². The highest BCUT2D eigenvalue weighted by Gasteiger charge is 2.30. The number of hydrogen-bond acceptors (Lipinski definition) is 3. The van der Waals surface area contributed by atoms with Crippen LogP contribution < -0.4 is 0 Å². The summed E-state index contributed by atoms with van der Waals surface area (Å²) in [5.41, 5.74) is 0.979. The average molecular weight is 329 g/mol. The number of piperidine rings is 1. The molecular formula is C17H26ClFN2O. The third-order valence-corrected chi connectivity index (χ3v) is 4.94. The lowest BCUT2D eigenvalue weighted by atomic mass is 9.87. The molecule has 124 valence electrons. The summed E-state index contributed by atoms with van der Waals surface area (Å²) in [5, 5.41) is 9.61. The zero-order valence-corrected chi connectivity index (χ0v) is 14.2. The maximum absolute atomic E-state index is 13.1. The van der Waals surface area contributed by atoms with Gasteiger partial charge in [0.2, 0.25) is 0 Å². The molecule has 2 atom stereocenters. The lowest BCUT2D eigenvalue weighted by Gasteiger charge is -2.42. The van der Waals surface area contributed by atoms with Gasteiger partial charge in [0.15, 0.2) is 0 Å². The summed E-state index contributed by atoms with van der Waals surface area (Å²) in [4.78, 5) is 4.69. The van der Waals surface area contributed by atoms with Gasteiger partial charge >= 0.3 is 0 Å². The molecule has 22 heavy (non-hydrogen) atoms. The fraction of sp³-hybridized carbons (Fsp3) is 0.647. The smallest absolute Gasteiger partial charge is 0.124 e. The molecule has 0 saturated carbocycles. The van der Waals surface area contributed by atoms with E-state index in [4.69, 9.17) is 16.7 Å². The minimum atomic E-state index is -0.291. The molecule has 1 aromatic rings. The molecule has 0 aromatic heterocycles. The van der Waals surface area contributed by atoms with Crippen molar-refractivity contribution in [2.24, 2.45) is 5.92 Å². The molecule has 1 saturated heterocycles. The molecule has 3 nitrogen and oxygen atoms in total. The topological polar surface area (TPSA) is 26.7 Å². The van der Waals surface area contributed by atoms with Crippen LogP contribution in [0.1, 0.15) is 24.8 Å². The van der Waals surface area contributed by atoms with Gasteiger partial charge < -0.3 is 10.0 Å². The summed E-state index contributed by atoms with van der Waals surface area (Å²) in [7, 11) is 4.26. The van der Waals surface area contributed by atoms with Gasteiger partial charge in [0.05, 0.1) is 0 Å². The zero-order chi connectivity index (χ0) is 16.1. The van der Waals surface area contributed by atoms with Gasteiger partial charge in [-0.25, -0.2) is 4.39 Å². The number of benzene rings is 1. The number of nitrogens with zero attached hydrogens (tertiary/aromatic N) is 2. The van der Waals surface area contributed by atoms with Crippen molar-refractivity contribution in [3.05, 3.63) is 34.6 Å². The van der Waals surface area contributed by atoms with E-state index in [-0.39, 0.29) is 12.4 Å². The first-order valence-electron chi connectivity index (χ1n) is 7.95. The lowest BCUT2D eigenvalue weighted by Crippen LogP contribution is -2.48. The second-order valence-electron chi connectivity index (χ2n) is 6.42. The highest BCUT2D eigenvalue weighted by molar-refractivity contribution is 6.31. The SMILES string of the molecule is CN(C)[C@H]1CCN(Cc2ccc(F)cc2Cl)C[C@H]1CCCO. The standard InChI is InChI=1S/C17H26ClFN2O/c1-20(2)17-7-8-21(12-14(17)4-3-9-22)11-13-5-6-15(19)10-16(13)18/h5-6,10,14,17,22H,3-4,7-9,11-12H2,1-2H3/t14-,17+/m1/s1.